The number of rotatable bonds is 8. The van der Waals surface area contributed by atoms with Gasteiger partial charge in [-0.25, -0.2) is 0 Å². The molecule has 1 fully saturated rings. The molecule has 3 rings (SSSR count). The van der Waals surface area contributed by atoms with E-state index >= 15 is 0 Å². The van der Waals surface area contributed by atoms with E-state index in [1.165, 1.54) is 18.4 Å². The lowest BCUT2D eigenvalue weighted by molar-refractivity contribution is -0.123. The molecule has 5 nitrogen and oxygen atoms in total. The Kier molecular flexibility index (Phi) is 6.71. The van der Waals surface area contributed by atoms with Crippen molar-refractivity contribution < 1.29 is 14.3 Å². The Labute approximate surface area is 161 Å². The van der Waals surface area contributed by atoms with Crippen molar-refractivity contribution in [2.45, 2.75) is 25.8 Å². The first-order valence-corrected chi connectivity index (χ1v) is 9.50. The van der Waals surface area contributed by atoms with Crippen LogP contribution in [0.3, 0.4) is 0 Å². The number of nitrogens with zero attached hydrogens (tertiary/aromatic N) is 1. The largest absolute Gasteiger partial charge is 0.493 e. The number of likely N-dealkylation sites (tertiary alicyclic amines) is 1. The van der Waals surface area contributed by atoms with Gasteiger partial charge in [0, 0.05) is 6.54 Å². The number of nitrogens with one attached hydrogen (secondary N) is 1. The van der Waals surface area contributed by atoms with Crippen LogP contribution in [0.1, 0.15) is 30.0 Å². The van der Waals surface area contributed by atoms with Gasteiger partial charge in [0.15, 0.2) is 18.1 Å². The van der Waals surface area contributed by atoms with Crippen molar-refractivity contribution in [1.82, 2.24) is 10.2 Å². The van der Waals surface area contributed by atoms with E-state index in [1.54, 1.807) is 7.11 Å². The first kappa shape index (κ1) is 19.2. The van der Waals surface area contributed by atoms with Gasteiger partial charge in [-0.05, 0) is 56.1 Å². The number of methoxy groups -OCH3 is 1. The van der Waals surface area contributed by atoms with Crippen molar-refractivity contribution in [3.8, 4) is 11.5 Å². The lowest BCUT2D eigenvalue weighted by Crippen LogP contribution is -2.38. The molecule has 0 saturated carbocycles. The predicted octanol–water partition coefficient (Wildman–Crippen LogP) is 3.34. The van der Waals surface area contributed by atoms with Crippen LogP contribution in [0, 0.1) is 6.92 Å². The lowest BCUT2D eigenvalue weighted by atomic mass is 10.1. The van der Waals surface area contributed by atoms with Gasteiger partial charge >= 0.3 is 0 Å². The molecule has 0 bridgehead atoms. The highest BCUT2D eigenvalue weighted by molar-refractivity contribution is 5.77. The zero-order valence-electron chi connectivity index (χ0n) is 16.1. The molecule has 2 aromatic rings. The zero-order valence-corrected chi connectivity index (χ0v) is 16.1. The van der Waals surface area contributed by atoms with Gasteiger partial charge in [0.1, 0.15) is 0 Å². The second-order valence-electron chi connectivity index (χ2n) is 6.92. The van der Waals surface area contributed by atoms with Crippen molar-refractivity contribution in [2.75, 3.05) is 33.4 Å². The van der Waals surface area contributed by atoms with E-state index in [2.05, 4.69) is 22.3 Å². The Hall–Kier alpha value is -2.53. The summed E-state index contributed by atoms with van der Waals surface area (Å²) in [7, 11) is 1.60. The standard InChI is InChI=1S/C22H28N2O3/c1-17-10-11-20(21(14-17)26-2)27-16-22(25)23-15-19(24-12-6-7-13-24)18-8-4-3-5-9-18/h3-5,8-11,14,19H,6-7,12-13,15-16H2,1-2H3,(H,23,25). The molecule has 2 aromatic carbocycles. The highest BCUT2D eigenvalue weighted by atomic mass is 16.5. The molecule has 1 N–H and O–H groups in total. The summed E-state index contributed by atoms with van der Waals surface area (Å²) in [4.78, 5) is 14.8. The molecule has 0 aliphatic carbocycles. The average molecular weight is 368 g/mol. The van der Waals surface area contributed by atoms with E-state index in [-0.39, 0.29) is 18.6 Å². The first-order valence-electron chi connectivity index (χ1n) is 9.50. The van der Waals surface area contributed by atoms with Crippen LogP contribution in [0.25, 0.3) is 0 Å². The second-order valence-corrected chi connectivity index (χ2v) is 6.92. The fraction of sp³-hybridized carbons (Fsp3) is 0.409. The van der Waals surface area contributed by atoms with Crippen LogP contribution >= 0.6 is 0 Å². The topological polar surface area (TPSA) is 50.8 Å². The molecule has 0 radical (unpaired) electrons. The third-order valence-electron chi connectivity index (χ3n) is 4.94. The normalized spacial score (nSPS) is 15.3. The Balaban J connectivity index is 1.56. The maximum Gasteiger partial charge on any atom is 0.258 e. The van der Waals surface area contributed by atoms with Crippen molar-refractivity contribution in [3.63, 3.8) is 0 Å². The molecule has 144 valence electrons. The van der Waals surface area contributed by atoms with Gasteiger partial charge in [-0.1, -0.05) is 36.4 Å². The molecule has 1 saturated heterocycles. The Bertz CT molecular complexity index is 742. The molecule has 1 amide bonds. The van der Waals surface area contributed by atoms with E-state index < -0.39 is 0 Å². The molecule has 1 aliphatic rings. The van der Waals surface area contributed by atoms with Gasteiger partial charge in [-0.3, -0.25) is 9.69 Å². The van der Waals surface area contributed by atoms with Crippen LogP contribution < -0.4 is 14.8 Å². The fourth-order valence-electron chi connectivity index (χ4n) is 3.49. The third kappa shape index (κ3) is 5.23. The molecule has 1 unspecified atom stereocenters. The molecule has 5 heteroatoms. The van der Waals surface area contributed by atoms with E-state index in [0.717, 1.165) is 18.7 Å². The number of benzene rings is 2. The molecule has 27 heavy (non-hydrogen) atoms. The molecule has 1 aliphatic heterocycles. The zero-order chi connectivity index (χ0) is 19.1. The third-order valence-corrected chi connectivity index (χ3v) is 4.94. The highest BCUT2D eigenvalue weighted by Crippen LogP contribution is 2.28. The molecule has 1 atom stereocenters. The van der Waals surface area contributed by atoms with Gasteiger partial charge < -0.3 is 14.8 Å². The van der Waals surface area contributed by atoms with E-state index in [9.17, 15) is 4.79 Å². The number of ether oxygens (including phenoxy) is 2. The van der Waals surface area contributed by atoms with Crippen molar-refractivity contribution in [3.05, 3.63) is 59.7 Å². The SMILES string of the molecule is COc1cc(C)ccc1OCC(=O)NCC(c1ccccc1)N1CCCC1. The van der Waals surface area contributed by atoms with Gasteiger partial charge in [0.05, 0.1) is 13.2 Å². The molecular weight excluding hydrogens is 340 g/mol. The Morgan fingerprint density at radius 1 is 1.11 bits per heavy atom. The molecule has 1 heterocycles. The summed E-state index contributed by atoms with van der Waals surface area (Å²) >= 11 is 0. The van der Waals surface area contributed by atoms with Crippen LogP contribution in [0.2, 0.25) is 0 Å². The summed E-state index contributed by atoms with van der Waals surface area (Å²) in [6.45, 7) is 4.69. The minimum absolute atomic E-state index is 0.0269. The predicted molar refractivity (Wildman–Crippen MR) is 106 cm³/mol. The van der Waals surface area contributed by atoms with Crippen LogP contribution in [0.4, 0.5) is 0 Å². The second kappa shape index (κ2) is 9.42. The van der Waals surface area contributed by atoms with Gasteiger partial charge in [0.25, 0.3) is 5.91 Å². The Morgan fingerprint density at radius 3 is 2.56 bits per heavy atom. The summed E-state index contributed by atoms with van der Waals surface area (Å²) < 4.78 is 11.0. The van der Waals surface area contributed by atoms with Gasteiger partial charge in [-0.15, -0.1) is 0 Å². The van der Waals surface area contributed by atoms with E-state index in [4.69, 9.17) is 9.47 Å². The fourth-order valence-corrected chi connectivity index (χ4v) is 3.49. The number of hydrogen-bond donors (Lipinski definition) is 1. The first-order chi connectivity index (χ1) is 13.2. The molecular formula is C22H28N2O3. The quantitative estimate of drug-likeness (QED) is 0.776. The smallest absolute Gasteiger partial charge is 0.258 e. The highest BCUT2D eigenvalue weighted by Gasteiger charge is 2.23. The number of carbonyl (C=O) groups excluding carboxylic acids is 1. The van der Waals surface area contributed by atoms with E-state index in [0.29, 0.717) is 18.0 Å². The van der Waals surface area contributed by atoms with Gasteiger partial charge in [0.2, 0.25) is 0 Å². The van der Waals surface area contributed by atoms with E-state index in [1.807, 2.05) is 43.3 Å². The summed E-state index contributed by atoms with van der Waals surface area (Å²) in [6.07, 6.45) is 2.43. The molecule has 0 aromatic heterocycles. The summed E-state index contributed by atoms with van der Waals surface area (Å²) in [5.74, 6) is 1.09. The monoisotopic (exact) mass is 368 g/mol. The summed E-state index contributed by atoms with van der Waals surface area (Å²) in [6, 6.07) is 16.2. The maximum absolute atomic E-state index is 12.3. The van der Waals surface area contributed by atoms with Crippen molar-refractivity contribution >= 4 is 5.91 Å². The number of amides is 1. The summed E-state index contributed by atoms with van der Waals surface area (Å²) in [5.41, 5.74) is 2.32. The van der Waals surface area contributed by atoms with Crippen molar-refractivity contribution in [2.24, 2.45) is 0 Å². The van der Waals surface area contributed by atoms with Crippen molar-refractivity contribution in [1.29, 1.82) is 0 Å². The molecule has 0 spiro atoms. The minimum atomic E-state index is -0.127. The maximum atomic E-state index is 12.3. The number of aryl methyl sites for hydroxylation is 1. The summed E-state index contributed by atoms with van der Waals surface area (Å²) in [5, 5.41) is 3.03. The van der Waals surface area contributed by atoms with Crippen LogP contribution in [-0.4, -0.2) is 44.2 Å². The van der Waals surface area contributed by atoms with Gasteiger partial charge in [-0.2, -0.15) is 0 Å². The number of hydrogen-bond acceptors (Lipinski definition) is 4. The Morgan fingerprint density at radius 2 is 1.85 bits per heavy atom. The van der Waals surface area contributed by atoms with Crippen LogP contribution in [-0.2, 0) is 4.79 Å². The van der Waals surface area contributed by atoms with Crippen LogP contribution in [0.5, 0.6) is 11.5 Å². The van der Waals surface area contributed by atoms with Crippen LogP contribution in [0.15, 0.2) is 48.5 Å². The number of carbonyl (C=O) groups is 1. The minimum Gasteiger partial charge on any atom is -0.493 e. The lowest BCUT2D eigenvalue weighted by Gasteiger charge is -2.28. The average Bonchev–Trinajstić information content (AvgIpc) is 3.22.